The topological polar surface area (TPSA) is 58.4 Å². The molecule has 1 heterocycles. The quantitative estimate of drug-likeness (QED) is 0.673. The molecule has 1 aliphatic heterocycles. The van der Waals surface area contributed by atoms with Gasteiger partial charge in [0.2, 0.25) is 0 Å². The highest BCUT2D eigenvalue weighted by molar-refractivity contribution is 5.62. The summed E-state index contributed by atoms with van der Waals surface area (Å²) < 4.78 is 13.2. The van der Waals surface area contributed by atoms with Crippen LogP contribution in [0.1, 0.15) is 20.3 Å². The van der Waals surface area contributed by atoms with Crippen molar-refractivity contribution < 1.29 is 9.31 Å². The Hall–Kier alpha value is -1.69. The Morgan fingerprint density at radius 1 is 1.53 bits per heavy atom. The second-order valence-corrected chi connectivity index (χ2v) is 5.14. The van der Waals surface area contributed by atoms with Crippen LogP contribution in [0.5, 0.6) is 0 Å². The molecule has 1 atom stereocenters. The van der Waals surface area contributed by atoms with Crippen molar-refractivity contribution in [3.05, 3.63) is 34.1 Å². The minimum atomic E-state index is -0.489. The van der Waals surface area contributed by atoms with Crippen molar-refractivity contribution in [2.45, 2.75) is 32.4 Å². The molecule has 0 radical (unpaired) electrons. The molecule has 6 heteroatoms. The van der Waals surface area contributed by atoms with Crippen molar-refractivity contribution in [3.8, 4) is 0 Å². The molecule has 1 unspecified atom stereocenters. The van der Waals surface area contributed by atoms with Crippen LogP contribution >= 0.6 is 0 Å². The minimum absolute atomic E-state index is 0.0793. The molecule has 1 saturated heterocycles. The standard InChI is InChI=1S/C13H18FN3O2/c1-9(2)16-6-5-11(8-16)15-12-7-10(14)3-4-13(12)17(18)19/h3-4,7,9,11,15H,5-6,8H2,1-2H3. The van der Waals surface area contributed by atoms with E-state index in [4.69, 9.17) is 0 Å². The second-order valence-electron chi connectivity index (χ2n) is 5.14. The van der Waals surface area contributed by atoms with Crippen LogP contribution in [-0.4, -0.2) is 35.0 Å². The van der Waals surface area contributed by atoms with Crippen molar-refractivity contribution in [3.63, 3.8) is 0 Å². The zero-order valence-corrected chi connectivity index (χ0v) is 11.1. The van der Waals surface area contributed by atoms with Crippen LogP contribution in [0.15, 0.2) is 18.2 Å². The zero-order valence-electron chi connectivity index (χ0n) is 11.1. The largest absolute Gasteiger partial charge is 0.375 e. The zero-order chi connectivity index (χ0) is 14.0. The lowest BCUT2D eigenvalue weighted by Crippen LogP contribution is -2.31. The Labute approximate surface area is 111 Å². The van der Waals surface area contributed by atoms with Crippen LogP contribution in [0.3, 0.4) is 0 Å². The average molecular weight is 267 g/mol. The molecule has 0 spiro atoms. The number of nitrogens with one attached hydrogen (secondary N) is 1. The van der Waals surface area contributed by atoms with Gasteiger partial charge in [-0.05, 0) is 26.3 Å². The van der Waals surface area contributed by atoms with Gasteiger partial charge in [-0.15, -0.1) is 0 Å². The molecule has 19 heavy (non-hydrogen) atoms. The number of hydrogen-bond donors (Lipinski definition) is 1. The van der Waals surface area contributed by atoms with E-state index in [0.717, 1.165) is 25.6 Å². The molecule has 0 aromatic heterocycles. The van der Waals surface area contributed by atoms with Crippen LogP contribution in [0.2, 0.25) is 0 Å². The predicted octanol–water partition coefficient (Wildman–Crippen LogP) is 2.63. The van der Waals surface area contributed by atoms with Crippen molar-refractivity contribution in [1.82, 2.24) is 4.90 Å². The van der Waals surface area contributed by atoms with Crippen LogP contribution in [0, 0.1) is 15.9 Å². The van der Waals surface area contributed by atoms with Crippen molar-refractivity contribution in [1.29, 1.82) is 0 Å². The first-order valence-electron chi connectivity index (χ1n) is 6.42. The Bertz CT molecular complexity index is 479. The third-order valence-corrected chi connectivity index (χ3v) is 3.46. The molecule has 0 amide bonds. The maximum Gasteiger partial charge on any atom is 0.292 e. The molecule has 1 N–H and O–H groups in total. The Balaban J connectivity index is 2.11. The van der Waals surface area contributed by atoms with E-state index in [1.165, 1.54) is 12.1 Å². The fourth-order valence-corrected chi connectivity index (χ4v) is 2.38. The van der Waals surface area contributed by atoms with Gasteiger partial charge in [-0.2, -0.15) is 0 Å². The number of nitro groups is 1. The van der Waals surface area contributed by atoms with E-state index < -0.39 is 10.7 Å². The first-order valence-corrected chi connectivity index (χ1v) is 6.42. The van der Waals surface area contributed by atoms with E-state index in [-0.39, 0.29) is 17.4 Å². The van der Waals surface area contributed by atoms with Crippen LogP contribution < -0.4 is 5.32 Å². The molecule has 5 nitrogen and oxygen atoms in total. The first-order chi connectivity index (χ1) is 8.97. The number of likely N-dealkylation sites (tertiary alicyclic amines) is 1. The summed E-state index contributed by atoms with van der Waals surface area (Å²) in [5.41, 5.74) is 0.185. The Morgan fingerprint density at radius 2 is 2.26 bits per heavy atom. The molecule has 0 aliphatic carbocycles. The maximum atomic E-state index is 13.2. The number of nitro benzene ring substituents is 1. The van der Waals surface area contributed by atoms with Crippen molar-refractivity contribution >= 4 is 11.4 Å². The smallest absolute Gasteiger partial charge is 0.292 e. The molecular formula is C13H18FN3O2. The monoisotopic (exact) mass is 267 g/mol. The Kier molecular flexibility index (Phi) is 3.99. The van der Waals surface area contributed by atoms with Crippen LogP contribution in [0.4, 0.5) is 15.8 Å². The molecule has 1 aliphatic rings. The van der Waals surface area contributed by atoms with Gasteiger partial charge in [0.05, 0.1) is 4.92 Å². The number of anilines is 1. The fourth-order valence-electron chi connectivity index (χ4n) is 2.38. The van der Waals surface area contributed by atoms with Crippen molar-refractivity contribution in [2.75, 3.05) is 18.4 Å². The van der Waals surface area contributed by atoms with Gasteiger partial charge in [-0.25, -0.2) is 4.39 Å². The minimum Gasteiger partial charge on any atom is -0.375 e. The molecule has 1 fully saturated rings. The van der Waals surface area contributed by atoms with Gasteiger partial charge >= 0.3 is 0 Å². The maximum absolute atomic E-state index is 13.2. The van der Waals surface area contributed by atoms with E-state index in [0.29, 0.717) is 6.04 Å². The molecular weight excluding hydrogens is 249 g/mol. The number of nitrogens with zero attached hydrogens (tertiary/aromatic N) is 2. The first kappa shape index (κ1) is 13.7. The highest BCUT2D eigenvalue weighted by Crippen LogP contribution is 2.27. The summed E-state index contributed by atoms with van der Waals surface area (Å²) in [5.74, 6) is -0.466. The van der Waals surface area contributed by atoms with Gasteiger partial charge in [0, 0.05) is 37.3 Å². The van der Waals surface area contributed by atoms with Gasteiger partial charge in [0.15, 0.2) is 0 Å². The third kappa shape index (κ3) is 3.20. The van der Waals surface area contributed by atoms with Gasteiger partial charge < -0.3 is 5.32 Å². The molecule has 1 aromatic carbocycles. The highest BCUT2D eigenvalue weighted by Gasteiger charge is 2.26. The van der Waals surface area contributed by atoms with Gasteiger partial charge in [0.25, 0.3) is 5.69 Å². The summed E-state index contributed by atoms with van der Waals surface area (Å²) >= 11 is 0. The van der Waals surface area contributed by atoms with Crippen LogP contribution in [0.25, 0.3) is 0 Å². The molecule has 2 rings (SSSR count). The van der Waals surface area contributed by atoms with Gasteiger partial charge in [0.1, 0.15) is 11.5 Å². The van der Waals surface area contributed by atoms with E-state index >= 15 is 0 Å². The average Bonchev–Trinajstić information content (AvgIpc) is 2.77. The molecule has 104 valence electrons. The van der Waals surface area contributed by atoms with Crippen molar-refractivity contribution in [2.24, 2.45) is 0 Å². The lowest BCUT2D eigenvalue weighted by atomic mass is 10.2. The molecule has 0 bridgehead atoms. The lowest BCUT2D eigenvalue weighted by Gasteiger charge is -2.20. The lowest BCUT2D eigenvalue weighted by molar-refractivity contribution is -0.384. The molecule has 1 aromatic rings. The summed E-state index contributed by atoms with van der Waals surface area (Å²) in [5, 5.41) is 14.0. The van der Waals surface area contributed by atoms with E-state index in [9.17, 15) is 14.5 Å². The van der Waals surface area contributed by atoms with Gasteiger partial charge in [-0.3, -0.25) is 15.0 Å². The number of rotatable bonds is 4. The van der Waals surface area contributed by atoms with E-state index in [1.54, 1.807) is 0 Å². The summed E-state index contributed by atoms with van der Waals surface area (Å²) in [6.45, 7) is 6.02. The summed E-state index contributed by atoms with van der Waals surface area (Å²) in [6.07, 6.45) is 0.909. The van der Waals surface area contributed by atoms with Crippen LogP contribution in [-0.2, 0) is 0 Å². The summed E-state index contributed by atoms with van der Waals surface area (Å²) in [4.78, 5) is 12.7. The third-order valence-electron chi connectivity index (χ3n) is 3.46. The highest BCUT2D eigenvalue weighted by atomic mass is 19.1. The molecule has 0 saturated carbocycles. The Morgan fingerprint density at radius 3 is 2.84 bits per heavy atom. The SMILES string of the molecule is CC(C)N1CCC(Nc2cc(F)ccc2[N+](=O)[O-])C1. The van der Waals surface area contributed by atoms with E-state index in [2.05, 4.69) is 24.1 Å². The summed E-state index contributed by atoms with van der Waals surface area (Å²) in [7, 11) is 0. The second kappa shape index (κ2) is 5.52. The summed E-state index contributed by atoms with van der Waals surface area (Å²) in [6, 6.07) is 4.08. The fraction of sp³-hybridized carbons (Fsp3) is 0.538. The number of benzene rings is 1. The number of hydrogen-bond acceptors (Lipinski definition) is 4. The van der Waals surface area contributed by atoms with Gasteiger partial charge in [-0.1, -0.05) is 0 Å². The number of halogens is 1. The normalized spacial score (nSPS) is 19.9. The predicted molar refractivity (Wildman–Crippen MR) is 71.8 cm³/mol. The van der Waals surface area contributed by atoms with E-state index in [1.807, 2.05) is 0 Å².